The van der Waals surface area contributed by atoms with Crippen LogP contribution in [0.5, 0.6) is 0 Å². The largest absolute Gasteiger partial charge is 0.435 e. The molecule has 1 atom stereocenters. The molecule has 0 N–H and O–H groups in total. The number of hydrogen-bond donors (Lipinski definition) is 0. The third-order valence-electron chi connectivity index (χ3n) is 2.56. The molecule has 86 valence electrons. The quantitative estimate of drug-likeness (QED) is 0.724. The predicted molar refractivity (Wildman–Crippen MR) is 53.0 cm³/mol. The van der Waals surface area contributed by atoms with Gasteiger partial charge in [-0.05, 0) is 6.92 Å². The highest BCUT2D eigenvalue weighted by atomic mass is 19.4. The molecule has 0 aromatic heterocycles. The maximum Gasteiger partial charge on any atom is 0.435 e. The molecule has 0 aliphatic carbocycles. The predicted octanol–water partition coefficient (Wildman–Crippen LogP) is 3.24. The van der Waals surface area contributed by atoms with Crippen molar-refractivity contribution in [2.75, 3.05) is 0 Å². The van der Waals surface area contributed by atoms with Crippen molar-refractivity contribution in [1.82, 2.24) is 0 Å². The van der Waals surface area contributed by atoms with Crippen LogP contribution in [-0.4, -0.2) is 11.9 Å². The van der Waals surface area contributed by atoms with Crippen LogP contribution in [0.1, 0.15) is 18.9 Å². The molecule has 0 fully saturated rings. The molecule has 0 radical (unpaired) electrons. The van der Waals surface area contributed by atoms with E-state index in [9.17, 15) is 13.2 Å². The van der Waals surface area contributed by atoms with Crippen molar-refractivity contribution in [3.63, 3.8) is 0 Å². The summed E-state index contributed by atoms with van der Waals surface area (Å²) in [5.41, 5.74) is -1.87. The molecule has 2 rings (SSSR count). The Morgan fingerprint density at radius 1 is 1.25 bits per heavy atom. The number of halogens is 3. The second kappa shape index (κ2) is 3.50. The fraction of sp³-hybridized carbons (Fsp3) is 0.364. The third-order valence-corrected chi connectivity index (χ3v) is 2.56. The van der Waals surface area contributed by atoms with Crippen molar-refractivity contribution >= 4 is 5.71 Å². The van der Waals surface area contributed by atoms with Crippen molar-refractivity contribution in [2.45, 2.75) is 25.1 Å². The Balaban J connectivity index is 2.46. The minimum atomic E-state index is -4.48. The summed E-state index contributed by atoms with van der Waals surface area (Å²) in [7, 11) is 0. The number of benzene rings is 1. The van der Waals surface area contributed by atoms with E-state index in [-0.39, 0.29) is 12.0 Å². The molecule has 1 heterocycles. The van der Waals surface area contributed by atoms with Crippen molar-refractivity contribution in [3.05, 3.63) is 35.9 Å². The van der Waals surface area contributed by atoms with Crippen LogP contribution >= 0.6 is 0 Å². The van der Waals surface area contributed by atoms with Gasteiger partial charge in [-0.3, -0.25) is 0 Å². The maximum absolute atomic E-state index is 13.1. The van der Waals surface area contributed by atoms with Gasteiger partial charge >= 0.3 is 6.18 Å². The molecule has 16 heavy (non-hydrogen) atoms. The normalized spacial score (nSPS) is 25.1. The van der Waals surface area contributed by atoms with E-state index >= 15 is 0 Å². The average Bonchev–Trinajstić information content (AvgIpc) is 2.62. The Hall–Kier alpha value is -1.52. The summed E-state index contributed by atoms with van der Waals surface area (Å²) in [5.74, 6) is 0. The van der Waals surface area contributed by atoms with Gasteiger partial charge in [0.25, 0.3) is 5.60 Å². The highest BCUT2D eigenvalue weighted by Crippen LogP contribution is 2.47. The zero-order chi connectivity index (χ0) is 11.8. The summed E-state index contributed by atoms with van der Waals surface area (Å²) in [6.07, 6.45) is -4.73. The van der Waals surface area contributed by atoms with Crippen molar-refractivity contribution in [1.29, 1.82) is 0 Å². The molecule has 0 saturated heterocycles. The van der Waals surface area contributed by atoms with Gasteiger partial charge in [0.1, 0.15) is 0 Å². The summed E-state index contributed by atoms with van der Waals surface area (Å²) >= 11 is 0. The second-order valence-corrected chi connectivity index (χ2v) is 3.79. The molecule has 0 spiro atoms. The fourth-order valence-electron chi connectivity index (χ4n) is 1.76. The smallest absolute Gasteiger partial charge is 0.374 e. The van der Waals surface area contributed by atoms with E-state index in [1.807, 2.05) is 0 Å². The summed E-state index contributed by atoms with van der Waals surface area (Å²) in [5, 5.41) is 3.43. The van der Waals surface area contributed by atoms with Crippen LogP contribution in [-0.2, 0) is 10.4 Å². The van der Waals surface area contributed by atoms with Crippen molar-refractivity contribution < 1.29 is 18.0 Å². The van der Waals surface area contributed by atoms with Gasteiger partial charge in [-0.25, -0.2) is 0 Å². The minimum Gasteiger partial charge on any atom is -0.374 e. The van der Waals surface area contributed by atoms with Gasteiger partial charge in [0.15, 0.2) is 0 Å². The lowest BCUT2D eigenvalue weighted by atomic mass is 9.88. The van der Waals surface area contributed by atoms with E-state index in [2.05, 4.69) is 9.99 Å². The van der Waals surface area contributed by atoms with Gasteiger partial charge in [0, 0.05) is 12.0 Å². The molecule has 0 saturated carbocycles. The average molecular weight is 229 g/mol. The van der Waals surface area contributed by atoms with Gasteiger partial charge in [0.05, 0.1) is 5.71 Å². The number of rotatable bonds is 1. The minimum absolute atomic E-state index is 0.0862. The van der Waals surface area contributed by atoms with Crippen LogP contribution in [0.3, 0.4) is 0 Å². The molecule has 0 bridgehead atoms. The van der Waals surface area contributed by atoms with Crippen LogP contribution in [0.4, 0.5) is 13.2 Å². The lowest BCUT2D eigenvalue weighted by Crippen LogP contribution is -2.42. The molecular formula is C11H10F3NO. The van der Waals surface area contributed by atoms with Gasteiger partial charge < -0.3 is 4.84 Å². The molecule has 1 aromatic carbocycles. The van der Waals surface area contributed by atoms with Crippen LogP contribution in [0, 0.1) is 0 Å². The van der Waals surface area contributed by atoms with Crippen molar-refractivity contribution in [3.8, 4) is 0 Å². The van der Waals surface area contributed by atoms with E-state index < -0.39 is 11.8 Å². The number of alkyl halides is 3. The monoisotopic (exact) mass is 229 g/mol. The van der Waals surface area contributed by atoms with Gasteiger partial charge in [-0.1, -0.05) is 35.5 Å². The first-order valence-electron chi connectivity index (χ1n) is 4.80. The zero-order valence-corrected chi connectivity index (χ0v) is 8.58. The molecular weight excluding hydrogens is 219 g/mol. The van der Waals surface area contributed by atoms with Gasteiger partial charge in [-0.2, -0.15) is 13.2 Å². The first kappa shape index (κ1) is 11.0. The lowest BCUT2D eigenvalue weighted by molar-refractivity contribution is -0.275. The summed E-state index contributed by atoms with van der Waals surface area (Å²) in [6.45, 7) is 1.52. The topological polar surface area (TPSA) is 21.6 Å². The Bertz CT molecular complexity index is 413. The van der Waals surface area contributed by atoms with Crippen LogP contribution < -0.4 is 0 Å². The van der Waals surface area contributed by atoms with Crippen LogP contribution in [0.15, 0.2) is 35.5 Å². The molecule has 5 heteroatoms. The molecule has 1 aromatic rings. The third kappa shape index (κ3) is 1.56. The number of oxime groups is 1. The Morgan fingerprint density at radius 3 is 2.31 bits per heavy atom. The van der Waals surface area contributed by atoms with Gasteiger partial charge in [-0.15, -0.1) is 0 Å². The summed E-state index contributed by atoms with van der Waals surface area (Å²) in [4.78, 5) is 4.67. The molecule has 2 nitrogen and oxygen atoms in total. The second-order valence-electron chi connectivity index (χ2n) is 3.79. The molecule has 1 aliphatic heterocycles. The maximum atomic E-state index is 13.1. The molecule has 1 aliphatic rings. The van der Waals surface area contributed by atoms with E-state index in [0.717, 1.165) is 0 Å². The van der Waals surface area contributed by atoms with E-state index in [1.165, 1.54) is 19.1 Å². The molecule has 0 amide bonds. The molecule has 1 unspecified atom stereocenters. The zero-order valence-electron chi connectivity index (χ0n) is 8.58. The van der Waals surface area contributed by atoms with Gasteiger partial charge in [0.2, 0.25) is 0 Å². The number of hydrogen-bond acceptors (Lipinski definition) is 2. The summed E-state index contributed by atoms with van der Waals surface area (Å²) in [6, 6.07) is 7.58. The first-order chi connectivity index (χ1) is 7.46. The van der Waals surface area contributed by atoms with E-state index in [1.54, 1.807) is 18.2 Å². The van der Waals surface area contributed by atoms with Crippen LogP contribution in [0.25, 0.3) is 0 Å². The van der Waals surface area contributed by atoms with E-state index in [0.29, 0.717) is 5.71 Å². The van der Waals surface area contributed by atoms with Crippen LogP contribution in [0.2, 0.25) is 0 Å². The fourth-order valence-corrected chi connectivity index (χ4v) is 1.76. The standard InChI is InChI=1S/C11H10F3NO/c1-8-7-10(16-15-8,11(12,13)14)9-5-3-2-4-6-9/h2-6H,7H2,1H3. The SMILES string of the molecule is CC1=NOC(c2ccccc2)(C(F)(F)F)C1. The lowest BCUT2D eigenvalue weighted by Gasteiger charge is -2.29. The Kier molecular flexibility index (Phi) is 2.40. The Labute approximate surface area is 90.7 Å². The highest BCUT2D eigenvalue weighted by molar-refractivity contribution is 5.84. The highest BCUT2D eigenvalue weighted by Gasteiger charge is 2.61. The summed E-state index contributed by atoms with van der Waals surface area (Å²) < 4.78 is 39.2. The number of nitrogens with zero attached hydrogens (tertiary/aromatic N) is 1. The van der Waals surface area contributed by atoms with E-state index in [4.69, 9.17) is 0 Å². The first-order valence-corrected chi connectivity index (χ1v) is 4.80. The van der Waals surface area contributed by atoms with Crippen molar-refractivity contribution in [2.24, 2.45) is 5.16 Å². The Morgan fingerprint density at radius 2 is 1.88 bits per heavy atom.